The first-order chi connectivity index (χ1) is 14.6. The van der Waals surface area contributed by atoms with E-state index < -0.39 is 11.7 Å². The molecular formula is C19H15BrClF3N4O2S. The van der Waals surface area contributed by atoms with Gasteiger partial charge in [-0.2, -0.15) is 13.2 Å². The Morgan fingerprint density at radius 3 is 2.74 bits per heavy atom. The van der Waals surface area contributed by atoms with E-state index in [-0.39, 0.29) is 24.0 Å². The van der Waals surface area contributed by atoms with E-state index in [0.29, 0.717) is 21.7 Å². The molecule has 0 spiro atoms. The molecule has 3 aromatic rings. The van der Waals surface area contributed by atoms with Crippen LogP contribution in [0.1, 0.15) is 11.4 Å². The number of nitrogens with zero attached hydrogens (tertiary/aromatic N) is 3. The van der Waals surface area contributed by atoms with Crippen molar-refractivity contribution < 1.29 is 22.7 Å². The van der Waals surface area contributed by atoms with Crippen LogP contribution in [-0.4, -0.2) is 26.4 Å². The molecule has 1 amide bonds. The molecule has 3 rings (SSSR count). The zero-order chi connectivity index (χ0) is 22.6. The molecule has 0 aliphatic rings. The first-order valence-corrected chi connectivity index (χ1v) is 10.8. The second-order valence-corrected chi connectivity index (χ2v) is 8.50. The zero-order valence-electron chi connectivity index (χ0n) is 15.9. The molecule has 12 heteroatoms. The van der Waals surface area contributed by atoms with E-state index in [0.717, 1.165) is 28.4 Å². The zero-order valence-corrected chi connectivity index (χ0v) is 19.1. The fraction of sp³-hybridized carbons (Fsp3) is 0.211. The maximum Gasteiger partial charge on any atom is 0.416 e. The van der Waals surface area contributed by atoms with Crippen LogP contribution in [0.25, 0.3) is 0 Å². The highest BCUT2D eigenvalue weighted by Gasteiger charge is 2.30. The van der Waals surface area contributed by atoms with E-state index in [2.05, 4.69) is 31.4 Å². The molecule has 0 aliphatic carbocycles. The Balaban J connectivity index is 1.56. The molecule has 0 fully saturated rings. The van der Waals surface area contributed by atoms with E-state index >= 15 is 0 Å². The number of anilines is 1. The summed E-state index contributed by atoms with van der Waals surface area (Å²) < 4.78 is 46.2. The summed E-state index contributed by atoms with van der Waals surface area (Å²) in [6, 6.07) is 9.70. The topological polar surface area (TPSA) is 69.0 Å². The number of amides is 1. The van der Waals surface area contributed by atoms with Crippen LogP contribution in [0.4, 0.5) is 18.9 Å². The van der Waals surface area contributed by atoms with Crippen molar-refractivity contribution in [3.63, 3.8) is 0 Å². The second-order valence-electron chi connectivity index (χ2n) is 6.23. The highest BCUT2D eigenvalue weighted by molar-refractivity contribution is 9.10. The lowest BCUT2D eigenvalue weighted by Gasteiger charge is -2.10. The fourth-order valence-corrected chi connectivity index (χ4v) is 3.86. The third-order valence-electron chi connectivity index (χ3n) is 3.99. The maximum absolute atomic E-state index is 12.8. The van der Waals surface area contributed by atoms with Crippen LogP contribution in [0.5, 0.6) is 5.75 Å². The van der Waals surface area contributed by atoms with Gasteiger partial charge >= 0.3 is 6.18 Å². The Kier molecular flexibility index (Phi) is 7.50. The van der Waals surface area contributed by atoms with E-state index in [1.807, 2.05) is 0 Å². The molecule has 1 heterocycles. The molecule has 0 aliphatic heterocycles. The first-order valence-electron chi connectivity index (χ1n) is 8.69. The van der Waals surface area contributed by atoms with Crippen molar-refractivity contribution in [2.45, 2.75) is 17.9 Å². The monoisotopic (exact) mass is 534 g/mol. The Labute approximate surface area is 193 Å². The molecule has 0 saturated carbocycles. The predicted octanol–water partition coefficient (Wildman–Crippen LogP) is 5.56. The number of nitrogens with one attached hydrogen (secondary N) is 1. The van der Waals surface area contributed by atoms with Crippen LogP contribution >= 0.6 is 39.3 Å². The van der Waals surface area contributed by atoms with E-state index in [4.69, 9.17) is 16.3 Å². The number of thioether (sulfide) groups is 1. The van der Waals surface area contributed by atoms with Crippen LogP contribution in [-0.2, 0) is 24.6 Å². The van der Waals surface area contributed by atoms with E-state index in [9.17, 15) is 18.0 Å². The quantitative estimate of drug-likeness (QED) is 0.401. The van der Waals surface area contributed by atoms with Crippen molar-refractivity contribution in [2.24, 2.45) is 7.05 Å². The molecule has 0 bridgehead atoms. The van der Waals surface area contributed by atoms with Gasteiger partial charge in [0.1, 0.15) is 12.4 Å². The van der Waals surface area contributed by atoms with Crippen LogP contribution in [0.15, 0.2) is 52.1 Å². The van der Waals surface area contributed by atoms with Crippen molar-refractivity contribution in [3.05, 3.63) is 63.3 Å². The van der Waals surface area contributed by atoms with E-state index in [1.165, 1.54) is 12.1 Å². The van der Waals surface area contributed by atoms with Gasteiger partial charge in [0.25, 0.3) is 0 Å². The van der Waals surface area contributed by atoms with Gasteiger partial charge in [0, 0.05) is 11.5 Å². The summed E-state index contributed by atoms with van der Waals surface area (Å²) in [6.07, 6.45) is -4.45. The summed E-state index contributed by atoms with van der Waals surface area (Å²) in [4.78, 5) is 12.2. The van der Waals surface area contributed by atoms with Gasteiger partial charge < -0.3 is 14.6 Å². The second kappa shape index (κ2) is 9.92. The summed E-state index contributed by atoms with van der Waals surface area (Å²) >= 11 is 10.5. The first kappa shape index (κ1) is 23.4. The number of hydrogen-bond acceptors (Lipinski definition) is 5. The highest BCUT2D eigenvalue weighted by Crippen LogP contribution is 2.31. The average Bonchev–Trinajstić information content (AvgIpc) is 3.06. The lowest BCUT2D eigenvalue weighted by atomic mass is 10.2. The molecule has 31 heavy (non-hydrogen) atoms. The van der Waals surface area contributed by atoms with Crippen molar-refractivity contribution in [1.82, 2.24) is 14.8 Å². The number of rotatable bonds is 7. The average molecular weight is 536 g/mol. The number of halogens is 5. The summed E-state index contributed by atoms with van der Waals surface area (Å²) in [6.45, 7) is -0.0773. The summed E-state index contributed by atoms with van der Waals surface area (Å²) in [7, 11) is 1.68. The SMILES string of the molecule is Cn1c(COc2cccc(C(F)(F)F)c2)nnc1SCC(=O)Nc1ccc(Br)cc1Cl. The summed E-state index contributed by atoms with van der Waals surface area (Å²) in [5.74, 6) is 0.250. The number of carbonyl (C=O) groups excluding carboxylic acids is 1. The Morgan fingerprint density at radius 1 is 1.26 bits per heavy atom. The number of ether oxygens (including phenoxy) is 1. The number of benzene rings is 2. The van der Waals surface area contributed by atoms with Crippen molar-refractivity contribution in [2.75, 3.05) is 11.1 Å². The summed E-state index contributed by atoms with van der Waals surface area (Å²) in [5.41, 5.74) is -0.306. The molecule has 0 unspecified atom stereocenters. The molecule has 1 aromatic heterocycles. The standard InChI is InChI=1S/C19H15BrClF3N4O2S/c1-28-16(9-30-13-4-2-3-11(7-13)19(22,23)24)26-27-18(28)31-10-17(29)25-15-6-5-12(20)8-14(15)21/h2-8H,9-10H2,1H3,(H,25,29). The Bertz CT molecular complexity index is 1090. The number of hydrogen-bond donors (Lipinski definition) is 1. The number of carbonyl (C=O) groups is 1. The van der Waals surface area contributed by atoms with Crippen LogP contribution in [0.3, 0.4) is 0 Å². The van der Waals surface area contributed by atoms with Gasteiger partial charge in [0.2, 0.25) is 5.91 Å². The molecule has 1 N–H and O–H groups in total. The van der Waals surface area contributed by atoms with Crippen molar-refractivity contribution in [3.8, 4) is 5.75 Å². The molecule has 6 nitrogen and oxygen atoms in total. The number of alkyl halides is 3. The van der Waals surface area contributed by atoms with E-state index in [1.54, 1.807) is 29.8 Å². The Morgan fingerprint density at radius 2 is 2.03 bits per heavy atom. The van der Waals surface area contributed by atoms with Crippen LogP contribution < -0.4 is 10.1 Å². The predicted molar refractivity (Wildman–Crippen MR) is 115 cm³/mol. The summed E-state index contributed by atoms with van der Waals surface area (Å²) in [5, 5.41) is 11.5. The van der Waals surface area contributed by atoms with Gasteiger partial charge in [-0.1, -0.05) is 45.4 Å². The molecule has 0 radical (unpaired) electrons. The van der Waals surface area contributed by atoms with Gasteiger partial charge in [-0.25, -0.2) is 0 Å². The van der Waals surface area contributed by atoms with Gasteiger partial charge in [-0.3, -0.25) is 4.79 Å². The molecule has 164 valence electrons. The normalized spacial score (nSPS) is 11.4. The van der Waals surface area contributed by atoms with Crippen molar-refractivity contribution >= 4 is 50.9 Å². The Hall–Kier alpha value is -2.24. The minimum absolute atomic E-state index is 0.0624. The van der Waals surface area contributed by atoms with Gasteiger partial charge in [-0.05, 0) is 36.4 Å². The molecule has 0 atom stereocenters. The smallest absolute Gasteiger partial charge is 0.416 e. The molecule has 2 aromatic carbocycles. The largest absolute Gasteiger partial charge is 0.486 e. The minimum atomic E-state index is -4.45. The lowest BCUT2D eigenvalue weighted by molar-refractivity contribution is -0.137. The third kappa shape index (κ3) is 6.37. The lowest BCUT2D eigenvalue weighted by Crippen LogP contribution is -2.15. The van der Waals surface area contributed by atoms with Crippen LogP contribution in [0.2, 0.25) is 5.02 Å². The van der Waals surface area contributed by atoms with Gasteiger partial charge in [0.05, 0.1) is 22.0 Å². The maximum atomic E-state index is 12.8. The van der Waals surface area contributed by atoms with Gasteiger partial charge in [0.15, 0.2) is 11.0 Å². The molecule has 0 saturated heterocycles. The number of aromatic nitrogens is 3. The van der Waals surface area contributed by atoms with Crippen molar-refractivity contribution in [1.29, 1.82) is 0 Å². The third-order valence-corrected chi connectivity index (χ3v) is 5.82. The minimum Gasteiger partial charge on any atom is -0.486 e. The van der Waals surface area contributed by atoms with Gasteiger partial charge in [-0.15, -0.1) is 10.2 Å². The molecular weight excluding hydrogens is 521 g/mol. The van der Waals surface area contributed by atoms with Crippen LogP contribution in [0, 0.1) is 0 Å². The highest BCUT2D eigenvalue weighted by atomic mass is 79.9. The fourth-order valence-electron chi connectivity index (χ4n) is 2.41.